The van der Waals surface area contributed by atoms with Crippen LogP contribution in [-0.4, -0.2) is 44.3 Å². The van der Waals surface area contributed by atoms with Gasteiger partial charge in [0, 0.05) is 24.2 Å². The van der Waals surface area contributed by atoms with Gasteiger partial charge in [-0.3, -0.25) is 14.9 Å². The lowest BCUT2D eigenvalue weighted by Crippen LogP contribution is -2.42. The van der Waals surface area contributed by atoms with E-state index >= 15 is 0 Å². The molecule has 8 nitrogen and oxygen atoms in total. The SMILES string of the molecule is C=CC(=O)N1CCC2(CC(n3c(NC(=O)c4ccc(-c5cnco5)s4)nc4ccc(Cl)cc43)C2)C1. The Morgan fingerprint density at radius 1 is 1.29 bits per heavy atom. The van der Waals surface area contributed by atoms with Crippen LogP contribution in [0.5, 0.6) is 0 Å². The minimum atomic E-state index is -0.235. The molecule has 1 spiro atoms. The third-order valence-corrected chi connectivity index (χ3v) is 8.34. The number of thiophene rings is 1. The van der Waals surface area contributed by atoms with Gasteiger partial charge >= 0.3 is 0 Å². The highest BCUT2D eigenvalue weighted by Gasteiger charge is 2.50. The van der Waals surface area contributed by atoms with E-state index in [4.69, 9.17) is 21.0 Å². The van der Waals surface area contributed by atoms with E-state index in [0.29, 0.717) is 21.6 Å². The van der Waals surface area contributed by atoms with Crippen LogP contribution in [0.4, 0.5) is 5.95 Å². The van der Waals surface area contributed by atoms with Gasteiger partial charge in [0.15, 0.2) is 12.2 Å². The van der Waals surface area contributed by atoms with Crippen LogP contribution in [0.3, 0.4) is 0 Å². The van der Waals surface area contributed by atoms with Gasteiger partial charge in [0.2, 0.25) is 11.9 Å². The lowest BCUT2D eigenvalue weighted by molar-refractivity contribution is -0.125. The molecule has 2 fully saturated rings. The first-order valence-corrected chi connectivity index (χ1v) is 12.5. The van der Waals surface area contributed by atoms with Gasteiger partial charge in [-0.2, -0.15) is 0 Å². The average Bonchev–Trinajstić information content (AvgIpc) is 3.62. The van der Waals surface area contributed by atoms with Gasteiger partial charge in [-0.05, 0) is 61.1 Å². The molecule has 0 unspecified atom stereocenters. The number of anilines is 1. The Labute approximate surface area is 210 Å². The van der Waals surface area contributed by atoms with Crippen molar-refractivity contribution in [2.24, 2.45) is 5.41 Å². The summed E-state index contributed by atoms with van der Waals surface area (Å²) in [6, 6.07) is 9.32. The van der Waals surface area contributed by atoms with E-state index in [1.807, 2.05) is 23.1 Å². The molecule has 6 rings (SSSR count). The van der Waals surface area contributed by atoms with Gasteiger partial charge in [0.25, 0.3) is 5.91 Å². The summed E-state index contributed by atoms with van der Waals surface area (Å²) in [7, 11) is 0. The smallest absolute Gasteiger partial charge is 0.268 e. The van der Waals surface area contributed by atoms with Crippen LogP contribution in [0.15, 0.2) is 60.0 Å². The number of imidazole rings is 1. The van der Waals surface area contributed by atoms with Gasteiger partial charge in [-0.25, -0.2) is 9.97 Å². The fourth-order valence-corrected chi connectivity index (χ4v) is 6.35. The minimum absolute atomic E-state index is 0.0150. The number of carbonyl (C=O) groups excluding carboxylic acids is 2. The molecule has 10 heteroatoms. The Morgan fingerprint density at radius 3 is 2.91 bits per heavy atom. The molecule has 1 saturated heterocycles. The summed E-state index contributed by atoms with van der Waals surface area (Å²) >= 11 is 7.65. The van der Waals surface area contributed by atoms with Crippen LogP contribution in [0.1, 0.15) is 35.0 Å². The fourth-order valence-electron chi connectivity index (χ4n) is 5.32. The zero-order chi connectivity index (χ0) is 24.2. The Balaban J connectivity index is 1.27. The van der Waals surface area contributed by atoms with Crippen LogP contribution in [0.2, 0.25) is 5.02 Å². The van der Waals surface area contributed by atoms with E-state index in [2.05, 4.69) is 21.4 Å². The maximum atomic E-state index is 13.1. The van der Waals surface area contributed by atoms with E-state index in [0.717, 1.165) is 48.3 Å². The number of hydrogen-bond acceptors (Lipinski definition) is 6. The largest absolute Gasteiger partial charge is 0.443 e. The van der Waals surface area contributed by atoms with Crippen LogP contribution in [-0.2, 0) is 4.79 Å². The van der Waals surface area contributed by atoms with Crippen molar-refractivity contribution in [3.8, 4) is 10.6 Å². The lowest BCUT2D eigenvalue weighted by atomic mass is 9.65. The fraction of sp³-hybridized carbons (Fsp3) is 0.280. The molecule has 0 bridgehead atoms. The predicted octanol–water partition coefficient (Wildman–Crippen LogP) is 5.40. The van der Waals surface area contributed by atoms with Gasteiger partial charge in [-0.15, -0.1) is 11.3 Å². The summed E-state index contributed by atoms with van der Waals surface area (Å²) in [5.74, 6) is 0.870. The number of nitrogens with zero attached hydrogens (tertiary/aromatic N) is 4. The van der Waals surface area contributed by atoms with Crippen molar-refractivity contribution in [3.05, 3.63) is 65.5 Å². The first kappa shape index (κ1) is 22.1. The van der Waals surface area contributed by atoms with Gasteiger partial charge in [0.1, 0.15) is 0 Å². The highest BCUT2D eigenvalue weighted by Crippen LogP contribution is 2.55. The van der Waals surface area contributed by atoms with E-state index in [9.17, 15) is 9.59 Å². The molecule has 35 heavy (non-hydrogen) atoms. The summed E-state index contributed by atoms with van der Waals surface area (Å²) in [6.07, 6.45) is 7.15. The Kier molecular flexibility index (Phi) is 5.26. The molecule has 3 aromatic heterocycles. The van der Waals surface area contributed by atoms with Crippen molar-refractivity contribution in [1.82, 2.24) is 19.4 Å². The molecule has 0 atom stereocenters. The van der Waals surface area contributed by atoms with Gasteiger partial charge in [-0.1, -0.05) is 18.2 Å². The Hall–Kier alpha value is -3.43. The molecule has 1 aliphatic heterocycles. The maximum Gasteiger partial charge on any atom is 0.268 e. The topological polar surface area (TPSA) is 93.3 Å². The lowest BCUT2D eigenvalue weighted by Gasteiger charge is -2.46. The first-order valence-electron chi connectivity index (χ1n) is 11.3. The Bertz CT molecular complexity index is 1450. The molecule has 1 N–H and O–H groups in total. The van der Waals surface area contributed by atoms with E-state index in [1.165, 1.54) is 23.8 Å². The highest BCUT2D eigenvalue weighted by atomic mass is 35.5. The maximum absolute atomic E-state index is 13.1. The summed E-state index contributed by atoms with van der Waals surface area (Å²) in [4.78, 5) is 37.1. The third-order valence-electron chi connectivity index (χ3n) is 7.01. The van der Waals surface area contributed by atoms with Crippen LogP contribution >= 0.6 is 22.9 Å². The average molecular weight is 508 g/mol. The number of nitrogens with one attached hydrogen (secondary N) is 1. The Morgan fingerprint density at radius 2 is 2.14 bits per heavy atom. The van der Waals surface area contributed by atoms with Crippen molar-refractivity contribution in [1.29, 1.82) is 0 Å². The molecule has 2 amide bonds. The molecule has 2 aliphatic rings. The van der Waals surface area contributed by atoms with Crippen molar-refractivity contribution < 1.29 is 14.0 Å². The molecule has 1 aliphatic carbocycles. The number of fused-ring (bicyclic) bond motifs is 1. The molecule has 0 radical (unpaired) electrons. The minimum Gasteiger partial charge on any atom is -0.443 e. The van der Waals surface area contributed by atoms with E-state index < -0.39 is 0 Å². The zero-order valence-electron chi connectivity index (χ0n) is 18.7. The van der Waals surface area contributed by atoms with Crippen LogP contribution < -0.4 is 5.32 Å². The monoisotopic (exact) mass is 507 g/mol. The summed E-state index contributed by atoms with van der Waals surface area (Å²) in [5.41, 5.74) is 1.76. The summed E-state index contributed by atoms with van der Waals surface area (Å²) in [5, 5.41) is 3.63. The normalized spacial score (nSPS) is 21.4. The number of carbonyl (C=O) groups is 2. The molecular formula is C25H22ClN5O3S. The summed E-state index contributed by atoms with van der Waals surface area (Å²) < 4.78 is 7.43. The standard InChI is InChI=1S/C25H22ClN5O3S/c1-2-22(32)30-8-7-25(13-30)10-16(11-25)31-18-9-15(26)3-4-17(18)28-24(31)29-23(33)21-6-5-20(35-21)19-12-27-14-34-19/h2-6,9,12,14,16H,1,7-8,10-11,13H2,(H,28,29,33). The second kappa shape index (κ2) is 8.35. The molecule has 1 aromatic carbocycles. The van der Waals surface area contributed by atoms with E-state index in [1.54, 1.807) is 18.3 Å². The molecule has 4 aromatic rings. The second-order valence-electron chi connectivity index (χ2n) is 9.20. The number of halogens is 1. The van der Waals surface area contributed by atoms with Crippen LogP contribution in [0, 0.1) is 5.41 Å². The van der Waals surface area contributed by atoms with Crippen molar-refractivity contribution in [3.63, 3.8) is 0 Å². The van der Waals surface area contributed by atoms with E-state index in [-0.39, 0.29) is 23.3 Å². The zero-order valence-corrected chi connectivity index (χ0v) is 20.3. The summed E-state index contributed by atoms with van der Waals surface area (Å²) in [6.45, 7) is 5.10. The quantitative estimate of drug-likeness (QED) is 0.365. The van der Waals surface area contributed by atoms with Crippen LogP contribution in [0.25, 0.3) is 21.7 Å². The number of aromatic nitrogens is 3. The molecule has 1 saturated carbocycles. The number of rotatable bonds is 5. The predicted molar refractivity (Wildman–Crippen MR) is 135 cm³/mol. The third kappa shape index (κ3) is 3.84. The number of hydrogen-bond donors (Lipinski definition) is 1. The van der Waals surface area contributed by atoms with Crippen molar-refractivity contribution in [2.75, 3.05) is 18.4 Å². The number of benzene rings is 1. The first-order chi connectivity index (χ1) is 16.9. The van der Waals surface area contributed by atoms with Gasteiger partial charge < -0.3 is 13.9 Å². The number of oxazole rings is 1. The second-order valence-corrected chi connectivity index (χ2v) is 10.7. The van der Waals surface area contributed by atoms with Crippen molar-refractivity contribution in [2.45, 2.75) is 25.3 Å². The van der Waals surface area contributed by atoms with Crippen molar-refractivity contribution >= 4 is 51.7 Å². The number of likely N-dealkylation sites (tertiary alicyclic amines) is 1. The molecule has 178 valence electrons. The molecular weight excluding hydrogens is 486 g/mol. The highest BCUT2D eigenvalue weighted by molar-refractivity contribution is 7.17. The van der Waals surface area contributed by atoms with Gasteiger partial charge in [0.05, 0.1) is 27.0 Å². The molecule has 4 heterocycles. The number of amides is 2.